The number of carbonyl (C=O) groups excluding carboxylic acids is 1. The third-order valence-electron chi connectivity index (χ3n) is 2.37. The Bertz CT molecular complexity index is 405. The van der Waals surface area contributed by atoms with E-state index in [-0.39, 0.29) is 5.91 Å². The molecule has 0 unspecified atom stereocenters. The molecule has 18 heavy (non-hydrogen) atoms. The highest BCUT2D eigenvalue weighted by molar-refractivity contribution is 7.99. The fourth-order valence-corrected chi connectivity index (χ4v) is 2.33. The molecular weight excluding hydrogens is 244 g/mol. The van der Waals surface area contributed by atoms with Crippen molar-refractivity contribution in [1.82, 2.24) is 0 Å². The second-order valence-electron chi connectivity index (χ2n) is 4.74. The molecule has 0 saturated carbocycles. The number of nitrogens with one attached hydrogen (secondary N) is 1. The van der Waals surface area contributed by atoms with Crippen LogP contribution in [0.4, 0.5) is 11.4 Å². The Hall–Kier alpha value is -1.16. The zero-order valence-corrected chi connectivity index (χ0v) is 12.1. The smallest absolute Gasteiger partial charge is 0.224 e. The monoisotopic (exact) mass is 266 g/mol. The molecule has 0 saturated heterocycles. The first-order chi connectivity index (χ1) is 8.52. The van der Waals surface area contributed by atoms with Crippen molar-refractivity contribution in [3.8, 4) is 0 Å². The Morgan fingerprint density at radius 2 is 2.17 bits per heavy atom. The molecule has 3 N–H and O–H groups in total. The maximum atomic E-state index is 11.7. The topological polar surface area (TPSA) is 55.1 Å². The summed E-state index contributed by atoms with van der Waals surface area (Å²) in [5, 5.41) is 2.88. The summed E-state index contributed by atoms with van der Waals surface area (Å²) in [5.41, 5.74) is 7.22. The maximum Gasteiger partial charge on any atom is 0.224 e. The summed E-state index contributed by atoms with van der Waals surface area (Å²) in [5.74, 6) is 1.45. The van der Waals surface area contributed by atoms with Gasteiger partial charge in [-0.25, -0.2) is 0 Å². The van der Waals surface area contributed by atoms with Gasteiger partial charge in [0, 0.05) is 11.3 Å². The summed E-state index contributed by atoms with van der Waals surface area (Å²) in [4.78, 5) is 12.9. The number of hydrogen-bond donors (Lipinski definition) is 2. The molecule has 0 bridgehead atoms. The SMILES string of the molecule is CCCSc1ccc(N)c(NC(=O)CC(C)C)c1. The van der Waals surface area contributed by atoms with Crippen LogP contribution in [0.1, 0.15) is 33.6 Å². The molecule has 0 aromatic heterocycles. The third kappa shape index (κ3) is 5.00. The summed E-state index contributed by atoms with van der Waals surface area (Å²) in [7, 11) is 0. The zero-order valence-electron chi connectivity index (χ0n) is 11.3. The van der Waals surface area contributed by atoms with Crippen LogP contribution in [-0.2, 0) is 4.79 Å². The van der Waals surface area contributed by atoms with E-state index in [0.717, 1.165) is 22.8 Å². The number of thioether (sulfide) groups is 1. The molecule has 4 heteroatoms. The van der Waals surface area contributed by atoms with E-state index >= 15 is 0 Å². The highest BCUT2D eigenvalue weighted by Gasteiger charge is 2.08. The van der Waals surface area contributed by atoms with Crippen LogP contribution in [0, 0.1) is 5.92 Å². The fourth-order valence-electron chi connectivity index (χ4n) is 1.53. The van der Waals surface area contributed by atoms with Crippen molar-refractivity contribution in [2.45, 2.75) is 38.5 Å². The van der Waals surface area contributed by atoms with Crippen LogP contribution in [0.25, 0.3) is 0 Å². The minimum atomic E-state index is 0.0225. The van der Waals surface area contributed by atoms with E-state index in [1.807, 2.05) is 32.0 Å². The summed E-state index contributed by atoms with van der Waals surface area (Å²) in [6.45, 7) is 6.20. The number of carbonyl (C=O) groups is 1. The van der Waals surface area contributed by atoms with E-state index in [1.165, 1.54) is 0 Å². The molecule has 1 aromatic carbocycles. The first kappa shape index (κ1) is 14.9. The molecule has 1 rings (SSSR count). The van der Waals surface area contributed by atoms with Crippen LogP contribution in [0.5, 0.6) is 0 Å². The quantitative estimate of drug-likeness (QED) is 0.609. The summed E-state index contributed by atoms with van der Waals surface area (Å²) in [6, 6.07) is 5.80. The number of nitrogen functional groups attached to an aromatic ring is 1. The van der Waals surface area contributed by atoms with Gasteiger partial charge in [0.25, 0.3) is 0 Å². The molecule has 1 aromatic rings. The van der Waals surface area contributed by atoms with Crippen LogP contribution < -0.4 is 11.1 Å². The van der Waals surface area contributed by atoms with Crippen molar-refractivity contribution in [3.05, 3.63) is 18.2 Å². The van der Waals surface area contributed by atoms with E-state index in [2.05, 4.69) is 12.2 Å². The number of nitrogens with two attached hydrogens (primary N) is 1. The van der Waals surface area contributed by atoms with Gasteiger partial charge in [-0.05, 0) is 36.3 Å². The van der Waals surface area contributed by atoms with E-state index in [4.69, 9.17) is 5.73 Å². The lowest BCUT2D eigenvalue weighted by Crippen LogP contribution is -2.14. The molecule has 0 atom stereocenters. The Morgan fingerprint density at radius 1 is 1.44 bits per heavy atom. The first-order valence-electron chi connectivity index (χ1n) is 6.35. The Labute approximate surface area is 114 Å². The standard InChI is InChI=1S/C14H22N2OS/c1-4-7-18-11-5-6-12(15)13(9-11)16-14(17)8-10(2)3/h5-6,9-10H,4,7-8,15H2,1-3H3,(H,16,17). The molecule has 3 nitrogen and oxygen atoms in total. The lowest BCUT2D eigenvalue weighted by atomic mass is 10.1. The third-order valence-corrected chi connectivity index (χ3v) is 3.56. The second-order valence-corrected chi connectivity index (χ2v) is 5.91. The maximum absolute atomic E-state index is 11.7. The number of rotatable bonds is 6. The highest BCUT2D eigenvalue weighted by Crippen LogP contribution is 2.27. The van der Waals surface area contributed by atoms with Crippen LogP contribution in [-0.4, -0.2) is 11.7 Å². The van der Waals surface area contributed by atoms with E-state index in [9.17, 15) is 4.79 Å². The van der Waals surface area contributed by atoms with Crippen molar-refractivity contribution < 1.29 is 4.79 Å². The normalized spacial score (nSPS) is 10.7. The number of hydrogen-bond acceptors (Lipinski definition) is 3. The molecule has 0 aliphatic heterocycles. The van der Waals surface area contributed by atoms with Crippen LogP contribution >= 0.6 is 11.8 Å². The van der Waals surface area contributed by atoms with Gasteiger partial charge in [0.05, 0.1) is 11.4 Å². The molecule has 1 amide bonds. The largest absolute Gasteiger partial charge is 0.397 e. The average molecular weight is 266 g/mol. The van der Waals surface area contributed by atoms with E-state index in [0.29, 0.717) is 18.0 Å². The van der Waals surface area contributed by atoms with Crippen molar-refractivity contribution >= 4 is 29.0 Å². The van der Waals surface area contributed by atoms with Crippen molar-refractivity contribution in [1.29, 1.82) is 0 Å². The number of amides is 1. The van der Waals surface area contributed by atoms with Crippen molar-refractivity contribution in [2.75, 3.05) is 16.8 Å². The van der Waals surface area contributed by atoms with Gasteiger partial charge in [-0.15, -0.1) is 11.8 Å². The molecule has 0 heterocycles. The van der Waals surface area contributed by atoms with E-state index < -0.39 is 0 Å². The van der Waals surface area contributed by atoms with Gasteiger partial charge in [0.15, 0.2) is 0 Å². The fraction of sp³-hybridized carbons (Fsp3) is 0.500. The lowest BCUT2D eigenvalue weighted by molar-refractivity contribution is -0.116. The van der Waals surface area contributed by atoms with Crippen molar-refractivity contribution in [2.24, 2.45) is 5.92 Å². The molecule has 0 spiro atoms. The molecule has 0 fully saturated rings. The number of anilines is 2. The Balaban J connectivity index is 2.71. The van der Waals surface area contributed by atoms with Gasteiger partial charge in [-0.3, -0.25) is 4.79 Å². The lowest BCUT2D eigenvalue weighted by Gasteiger charge is -2.11. The minimum Gasteiger partial charge on any atom is -0.397 e. The van der Waals surface area contributed by atoms with E-state index in [1.54, 1.807) is 11.8 Å². The Morgan fingerprint density at radius 3 is 2.78 bits per heavy atom. The molecule has 0 aliphatic carbocycles. The highest BCUT2D eigenvalue weighted by atomic mass is 32.2. The predicted octanol–water partition coefficient (Wildman–Crippen LogP) is 3.76. The summed E-state index contributed by atoms with van der Waals surface area (Å²) in [6.07, 6.45) is 1.65. The van der Waals surface area contributed by atoms with Gasteiger partial charge in [0.2, 0.25) is 5.91 Å². The van der Waals surface area contributed by atoms with Crippen LogP contribution in [0.2, 0.25) is 0 Å². The summed E-state index contributed by atoms with van der Waals surface area (Å²) < 4.78 is 0. The van der Waals surface area contributed by atoms with Crippen LogP contribution in [0.3, 0.4) is 0 Å². The van der Waals surface area contributed by atoms with Gasteiger partial charge in [-0.1, -0.05) is 20.8 Å². The van der Waals surface area contributed by atoms with Gasteiger partial charge in [-0.2, -0.15) is 0 Å². The van der Waals surface area contributed by atoms with Gasteiger partial charge >= 0.3 is 0 Å². The van der Waals surface area contributed by atoms with Gasteiger partial charge < -0.3 is 11.1 Å². The molecular formula is C14H22N2OS. The number of benzene rings is 1. The molecule has 0 aliphatic rings. The second kappa shape index (κ2) is 7.31. The Kier molecular flexibility index (Phi) is 6.05. The van der Waals surface area contributed by atoms with Crippen molar-refractivity contribution in [3.63, 3.8) is 0 Å². The van der Waals surface area contributed by atoms with Gasteiger partial charge in [0.1, 0.15) is 0 Å². The zero-order chi connectivity index (χ0) is 13.5. The first-order valence-corrected chi connectivity index (χ1v) is 7.33. The summed E-state index contributed by atoms with van der Waals surface area (Å²) >= 11 is 1.78. The van der Waals surface area contributed by atoms with Crippen LogP contribution in [0.15, 0.2) is 23.1 Å². The predicted molar refractivity (Wildman–Crippen MR) is 80.0 cm³/mol. The molecule has 100 valence electrons. The average Bonchev–Trinajstić information content (AvgIpc) is 2.29. The molecule has 0 radical (unpaired) electrons. The minimum absolute atomic E-state index is 0.0225.